The summed E-state index contributed by atoms with van der Waals surface area (Å²) in [6.45, 7) is 0.895. The fourth-order valence-electron chi connectivity index (χ4n) is 3.47. The topological polar surface area (TPSA) is 92.5 Å². The van der Waals surface area contributed by atoms with Crippen LogP contribution in [0.2, 0.25) is 0 Å². The Morgan fingerprint density at radius 1 is 1.00 bits per heavy atom. The summed E-state index contributed by atoms with van der Waals surface area (Å²) in [6.07, 6.45) is 0.794. The molecular formula is C19H23N3O3S. The molecule has 7 heteroatoms. The van der Waals surface area contributed by atoms with Crippen molar-refractivity contribution in [2.75, 3.05) is 13.1 Å². The van der Waals surface area contributed by atoms with Gasteiger partial charge in [0.2, 0.25) is 5.91 Å². The average Bonchev–Trinajstić information content (AvgIpc) is 2.67. The second kappa shape index (κ2) is 7.57. The van der Waals surface area contributed by atoms with Gasteiger partial charge in [-0.15, -0.1) is 0 Å². The van der Waals surface area contributed by atoms with Crippen molar-refractivity contribution in [3.63, 3.8) is 0 Å². The Balaban J connectivity index is 1.82. The Kier molecular flexibility index (Phi) is 5.41. The number of amides is 1. The molecule has 0 spiro atoms. The van der Waals surface area contributed by atoms with Crippen LogP contribution in [0.5, 0.6) is 0 Å². The van der Waals surface area contributed by atoms with E-state index in [1.54, 1.807) is 0 Å². The van der Waals surface area contributed by atoms with E-state index in [-0.39, 0.29) is 19.0 Å². The molecule has 2 aromatic carbocycles. The average molecular weight is 373 g/mol. The summed E-state index contributed by atoms with van der Waals surface area (Å²) in [5.74, 6) is -0.0818. The van der Waals surface area contributed by atoms with Crippen LogP contribution in [-0.2, 0) is 27.0 Å². The number of nitrogens with zero attached hydrogens (tertiary/aromatic N) is 1. The van der Waals surface area contributed by atoms with Gasteiger partial charge in [-0.2, -0.15) is 12.7 Å². The number of rotatable bonds is 5. The third-order valence-corrected chi connectivity index (χ3v) is 6.08. The molecule has 2 aromatic rings. The van der Waals surface area contributed by atoms with E-state index in [4.69, 9.17) is 5.14 Å². The number of benzene rings is 2. The van der Waals surface area contributed by atoms with Crippen LogP contribution < -0.4 is 10.5 Å². The molecule has 1 aliphatic rings. The maximum Gasteiger partial charge on any atom is 0.276 e. The van der Waals surface area contributed by atoms with Crippen LogP contribution in [0, 0.1) is 0 Å². The molecule has 3 N–H and O–H groups in total. The monoisotopic (exact) mass is 373 g/mol. The second-order valence-electron chi connectivity index (χ2n) is 6.56. The van der Waals surface area contributed by atoms with Crippen molar-refractivity contribution in [1.29, 1.82) is 0 Å². The fourth-order valence-corrected chi connectivity index (χ4v) is 4.17. The third-order valence-electron chi connectivity index (χ3n) is 4.99. The first-order valence-corrected chi connectivity index (χ1v) is 10.1. The highest BCUT2D eigenvalue weighted by molar-refractivity contribution is 7.86. The van der Waals surface area contributed by atoms with Crippen LogP contribution in [0.3, 0.4) is 0 Å². The number of carbonyl (C=O) groups is 1. The predicted octanol–water partition coefficient (Wildman–Crippen LogP) is 1.54. The van der Waals surface area contributed by atoms with Crippen LogP contribution in [0.4, 0.5) is 0 Å². The smallest absolute Gasteiger partial charge is 0.276 e. The van der Waals surface area contributed by atoms with Gasteiger partial charge in [0.25, 0.3) is 10.2 Å². The number of carbonyl (C=O) groups excluding carboxylic acids is 1. The first-order valence-electron chi connectivity index (χ1n) is 8.57. The van der Waals surface area contributed by atoms with E-state index >= 15 is 0 Å². The van der Waals surface area contributed by atoms with E-state index in [1.807, 2.05) is 60.7 Å². The summed E-state index contributed by atoms with van der Waals surface area (Å²) < 4.78 is 24.5. The molecule has 0 saturated carbocycles. The normalized spacial score (nSPS) is 17.6. The van der Waals surface area contributed by atoms with E-state index in [0.717, 1.165) is 11.1 Å². The van der Waals surface area contributed by atoms with Gasteiger partial charge >= 0.3 is 0 Å². The predicted molar refractivity (Wildman–Crippen MR) is 100 cm³/mol. The zero-order valence-corrected chi connectivity index (χ0v) is 15.3. The second-order valence-corrected chi connectivity index (χ2v) is 8.11. The van der Waals surface area contributed by atoms with Gasteiger partial charge in [0.1, 0.15) is 0 Å². The Hall–Kier alpha value is -2.22. The SMILES string of the molecule is NS(=O)(=O)N1CCC(C(=O)NCc2ccccc2)(c2ccccc2)CC1. The number of nitrogens with two attached hydrogens (primary N) is 1. The Bertz CT molecular complexity index is 846. The fraction of sp³-hybridized carbons (Fsp3) is 0.316. The summed E-state index contributed by atoms with van der Waals surface area (Å²) >= 11 is 0. The van der Waals surface area contributed by atoms with Crippen molar-refractivity contribution in [2.24, 2.45) is 5.14 Å². The molecule has 1 amide bonds. The van der Waals surface area contributed by atoms with E-state index in [9.17, 15) is 13.2 Å². The zero-order valence-electron chi connectivity index (χ0n) is 14.5. The Morgan fingerprint density at radius 3 is 2.08 bits per heavy atom. The lowest BCUT2D eigenvalue weighted by atomic mass is 9.72. The molecule has 1 fully saturated rings. The third kappa shape index (κ3) is 3.95. The van der Waals surface area contributed by atoms with Crippen LogP contribution in [0.1, 0.15) is 24.0 Å². The summed E-state index contributed by atoms with van der Waals surface area (Å²) in [6, 6.07) is 19.2. The molecule has 0 unspecified atom stereocenters. The maximum absolute atomic E-state index is 13.1. The molecule has 0 aliphatic carbocycles. The van der Waals surface area contributed by atoms with Crippen molar-refractivity contribution in [3.05, 3.63) is 71.8 Å². The van der Waals surface area contributed by atoms with E-state index < -0.39 is 15.6 Å². The highest BCUT2D eigenvalue weighted by atomic mass is 32.2. The van der Waals surface area contributed by atoms with Crippen LogP contribution >= 0.6 is 0 Å². The van der Waals surface area contributed by atoms with Gasteiger partial charge in [0.05, 0.1) is 5.41 Å². The zero-order chi connectivity index (χ0) is 18.6. The summed E-state index contributed by atoms with van der Waals surface area (Å²) in [5, 5.41) is 8.27. The van der Waals surface area contributed by atoms with Crippen LogP contribution in [0.25, 0.3) is 0 Å². The van der Waals surface area contributed by atoms with Crippen LogP contribution in [0.15, 0.2) is 60.7 Å². The largest absolute Gasteiger partial charge is 0.351 e. The standard InChI is InChI=1S/C19H23N3O3S/c20-26(24,25)22-13-11-19(12-14-22,17-9-5-2-6-10-17)18(23)21-15-16-7-3-1-4-8-16/h1-10H,11-15H2,(H,21,23)(H2,20,24,25). The lowest BCUT2D eigenvalue weighted by molar-refractivity contribution is -0.128. The van der Waals surface area contributed by atoms with Crippen molar-refractivity contribution < 1.29 is 13.2 Å². The Morgan fingerprint density at radius 2 is 1.54 bits per heavy atom. The number of nitrogens with one attached hydrogen (secondary N) is 1. The minimum Gasteiger partial charge on any atom is -0.351 e. The molecule has 0 atom stereocenters. The summed E-state index contributed by atoms with van der Waals surface area (Å²) in [7, 11) is -3.74. The van der Waals surface area contributed by atoms with E-state index in [0.29, 0.717) is 19.4 Å². The van der Waals surface area contributed by atoms with Crippen molar-refractivity contribution in [2.45, 2.75) is 24.8 Å². The van der Waals surface area contributed by atoms with E-state index in [1.165, 1.54) is 4.31 Å². The maximum atomic E-state index is 13.1. The summed E-state index contributed by atoms with van der Waals surface area (Å²) in [5.41, 5.74) is 1.17. The van der Waals surface area contributed by atoms with Crippen molar-refractivity contribution >= 4 is 16.1 Å². The number of hydrogen-bond donors (Lipinski definition) is 2. The lowest BCUT2D eigenvalue weighted by Crippen LogP contribution is -2.53. The van der Waals surface area contributed by atoms with E-state index in [2.05, 4.69) is 5.32 Å². The molecule has 1 aliphatic heterocycles. The lowest BCUT2D eigenvalue weighted by Gasteiger charge is -2.40. The molecule has 1 heterocycles. The molecule has 1 saturated heterocycles. The highest BCUT2D eigenvalue weighted by Gasteiger charge is 2.44. The molecule has 3 rings (SSSR count). The van der Waals surface area contributed by atoms with Crippen molar-refractivity contribution in [3.8, 4) is 0 Å². The van der Waals surface area contributed by atoms with Gasteiger partial charge in [-0.05, 0) is 24.0 Å². The molecule has 0 bridgehead atoms. The van der Waals surface area contributed by atoms with Gasteiger partial charge in [-0.1, -0.05) is 60.7 Å². The van der Waals surface area contributed by atoms with Gasteiger partial charge in [-0.3, -0.25) is 4.79 Å². The van der Waals surface area contributed by atoms with Gasteiger partial charge in [-0.25, -0.2) is 5.14 Å². The Labute approximate surface area is 154 Å². The molecule has 26 heavy (non-hydrogen) atoms. The van der Waals surface area contributed by atoms with Gasteiger partial charge < -0.3 is 5.32 Å². The van der Waals surface area contributed by atoms with Crippen molar-refractivity contribution in [1.82, 2.24) is 9.62 Å². The minimum atomic E-state index is -3.74. The van der Waals surface area contributed by atoms with Gasteiger partial charge in [0, 0.05) is 19.6 Å². The number of piperidine rings is 1. The first-order chi connectivity index (χ1) is 12.4. The number of hydrogen-bond acceptors (Lipinski definition) is 3. The molecule has 0 radical (unpaired) electrons. The molecular weight excluding hydrogens is 350 g/mol. The first kappa shape index (κ1) is 18.6. The van der Waals surface area contributed by atoms with Crippen LogP contribution in [-0.4, -0.2) is 31.7 Å². The minimum absolute atomic E-state index is 0.0818. The quantitative estimate of drug-likeness (QED) is 0.833. The molecule has 6 nitrogen and oxygen atoms in total. The highest BCUT2D eigenvalue weighted by Crippen LogP contribution is 2.36. The molecule has 138 valence electrons. The van der Waals surface area contributed by atoms with Gasteiger partial charge in [0.15, 0.2) is 0 Å². The summed E-state index contributed by atoms with van der Waals surface area (Å²) in [4.78, 5) is 13.1. The molecule has 0 aromatic heterocycles.